The van der Waals surface area contributed by atoms with E-state index in [4.69, 9.17) is 0 Å². The molecular weight excluding hydrogens is 186 g/mol. The Hall–Kier alpha value is -0.120. The molecule has 3 heteroatoms. The van der Waals surface area contributed by atoms with E-state index < -0.39 is 0 Å². The Morgan fingerprint density at radius 2 is 2.00 bits per heavy atom. The Labute approximate surface area is 92.8 Å². The van der Waals surface area contributed by atoms with Crippen LogP contribution in [0.3, 0.4) is 0 Å². The zero-order valence-corrected chi connectivity index (χ0v) is 9.78. The number of piperazine rings is 1. The lowest BCUT2D eigenvalue weighted by Crippen LogP contribution is -2.55. The van der Waals surface area contributed by atoms with E-state index in [9.17, 15) is 0 Å². The molecule has 2 aliphatic heterocycles. The van der Waals surface area contributed by atoms with Crippen LogP contribution in [0.25, 0.3) is 0 Å². The van der Waals surface area contributed by atoms with Crippen LogP contribution in [0.5, 0.6) is 0 Å². The molecule has 2 unspecified atom stereocenters. The zero-order valence-electron chi connectivity index (χ0n) is 9.78. The lowest BCUT2D eigenvalue weighted by molar-refractivity contribution is 0.0611. The maximum absolute atomic E-state index is 3.63. The highest BCUT2D eigenvalue weighted by molar-refractivity contribution is 4.96. The maximum atomic E-state index is 3.63. The summed E-state index contributed by atoms with van der Waals surface area (Å²) in [5.41, 5.74) is 0. The molecule has 3 rings (SSSR count). The number of nitrogens with zero attached hydrogens (tertiary/aromatic N) is 2. The molecule has 2 heterocycles. The van der Waals surface area contributed by atoms with Crippen molar-refractivity contribution in [3.63, 3.8) is 0 Å². The van der Waals surface area contributed by atoms with Crippen molar-refractivity contribution in [1.82, 2.24) is 15.1 Å². The fraction of sp³-hybridized carbons (Fsp3) is 1.00. The van der Waals surface area contributed by atoms with E-state index >= 15 is 0 Å². The van der Waals surface area contributed by atoms with E-state index in [0.717, 1.165) is 17.9 Å². The molecule has 3 nitrogen and oxygen atoms in total. The van der Waals surface area contributed by atoms with E-state index in [2.05, 4.69) is 22.2 Å². The van der Waals surface area contributed by atoms with Crippen molar-refractivity contribution in [2.45, 2.75) is 18.9 Å². The van der Waals surface area contributed by atoms with E-state index in [1.54, 1.807) is 0 Å². The summed E-state index contributed by atoms with van der Waals surface area (Å²) in [7, 11) is 2.28. The van der Waals surface area contributed by atoms with Crippen LogP contribution in [0.2, 0.25) is 0 Å². The maximum Gasteiger partial charge on any atom is 0.0267 e. The summed E-state index contributed by atoms with van der Waals surface area (Å²) in [5, 5.41) is 3.63. The largest absolute Gasteiger partial charge is 0.315 e. The molecule has 0 spiro atoms. The van der Waals surface area contributed by atoms with Gasteiger partial charge in [-0.2, -0.15) is 0 Å². The van der Waals surface area contributed by atoms with Crippen molar-refractivity contribution in [2.24, 2.45) is 11.8 Å². The lowest BCUT2D eigenvalue weighted by atomic mass is 9.92. The molecule has 0 radical (unpaired) electrons. The van der Waals surface area contributed by atoms with Gasteiger partial charge in [0.25, 0.3) is 0 Å². The number of nitrogens with one attached hydrogen (secondary N) is 1. The molecule has 1 aliphatic carbocycles. The zero-order chi connectivity index (χ0) is 10.3. The van der Waals surface area contributed by atoms with Crippen LogP contribution < -0.4 is 5.32 Å². The molecule has 0 bridgehead atoms. The predicted molar refractivity (Wildman–Crippen MR) is 61.9 cm³/mol. The van der Waals surface area contributed by atoms with Crippen LogP contribution in [-0.2, 0) is 0 Å². The molecule has 2 saturated heterocycles. The van der Waals surface area contributed by atoms with Gasteiger partial charge in [0.2, 0.25) is 0 Å². The Morgan fingerprint density at radius 1 is 1.13 bits per heavy atom. The minimum atomic E-state index is 0.839. The third-order valence-electron chi connectivity index (χ3n) is 4.41. The molecule has 86 valence electrons. The molecule has 0 amide bonds. The summed E-state index contributed by atoms with van der Waals surface area (Å²) < 4.78 is 0. The van der Waals surface area contributed by atoms with Crippen LogP contribution >= 0.6 is 0 Å². The molecule has 3 aliphatic rings. The molecule has 1 saturated carbocycles. The highest BCUT2D eigenvalue weighted by atomic mass is 15.3. The minimum Gasteiger partial charge on any atom is -0.315 e. The Bertz CT molecular complexity index is 227. The molecule has 2 atom stereocenters. The standard InChI is InChI=1S/C12H23N3/c1-14-6-7-15-5-4-13-8-11(10-2-3-10)12(15)9-14/h10-13H,2-9H2,1H3. The number of hydrogen-bond donors (Lipinski definition) is 1. The Morgan fingerprint density at radius 3 is 2.80 bits per heavy atom. The van der Waals surface area contributed by atoms with Gasteiger partial charge < -0.3 is 10.2 Å². The van der Waals surface area contributed by atoms with E-state index in [0.29, 0.717) is 0 Å². The van der Waals surface area contributed by atoms with Gasteiger partial charge in [-0.15, -0.1) is 0 Å². The molecule has 0 aromatic rings. The molecule has 0 aromatic heterocycles. The second kappa shape index (κ2) is 4.04. The lowest BCUT2D eigenvalue weighted by Gasteiger charge is -2.42. The Kier molecular flexibility index (Phi) is 2.71. The molecule has 0 aromatic carbocycles. The molecule has 1 N–H and O–H groups in total. The summed E-state index contributed by atoms with van der Waals surface area (Å²) in [5.74, 6) is 1.96. The minimum absolute atomic E-state index is 0.839. The van der Waals surface area contributed by atoms with Gasteiger partial charge in [-0.05, 0) is 38.3 Å². The number of hydrogen-bond acceptors (Lipinski definition) is 3. The van der Waals surface area contributed by atoms with Gasteiger partial charge >= 0.3 is 0 Å². The van der Waals surface area contributed by atoms with E-state index in [1.807, 2.05) is 0 Å². The average molecular weight is 209 g/mol. The van der Waals surface area contributed by atoms with Gasteiger partial charge in [-0.25, -0.2) is 0 Å². The fourth-order valence-electron chi connectivity index (χ4n) is 3.31. The summed E-state index contributed by atoms with van der Waals surface area (Å²) >= 11 is 0. The summed E-state index contributed by atoms with van der Waals surface area (Å²) in [6.07, 6.45) is 2.97. The van der Waals surface area contributed by atoms with Gasteiger partial charge in [0, 0.05) is 38.8 Å². The number of rotatable bonds is 1. The topological polar surface area (TPSA) is 18.5 Å². The van der Waals surface area contributed by atoms with Crippen molar-refractivity contribution < 1.29 is 0 Å². The smallest absolute Gasteiger partial charge is 0.0267 e. The van der Waals surface area contributed by atoms with Crippen molar-refractivity contribution >= 4 is 0 Å². The molecule has 3 fully saturated rings. The van der Waals surface area contributed by atoms with Gasteiger partial charge in [0.1, 0.15) is 0 Å². The van der Waals surface area contributed by atoms with Crippen LogP contribution in [0.1, 0.15) is 12.8 Å². The SMILES string of the molecule is CN1CCN2CCNCC(C3CC3)C2C1. The average Bonchev–Trinajstić information content (AvgIpc) is 3.01. The first-order valence-electron chi connectivity index (χ1n) is 6.48. The fourth-order valence-corrected chi connectivity index (χ4v) is 3.31. The predicted octanol–water partition coefficient (Wildman–Crippen LogP) is 0.232. The Balaban J connectivity index is 1.74. The third-order valence-corrected chi connectivity index (χ3v) is 4.41. The molecular formula is C12H23N3. The summed E-state index contributed by atoms with van der Waals surface area (Å²) in [4.78, 5) is 5.25. The first-order valence-corrected chi connectivity index (χ1v) is 6.48. The van der Waals surface area contributed by atoms with Crippen molar-refractivity contribution in [2.75, 3.05) is 46.3 Å². The van der Waals surface area contributed by atoms with Crippen LogP contribution in [0.15, 0.2) is 0 Å². The van der Waals surface area contributed by atoms with Gasteiger partial charge in [0.15, 0.2) is 0 Å². The van der Waals surface area contributed by atoms with Crippen molar-refractivity contribution in [3.05, 3.63) is 0 Å². The van der Waals surface area contributed by atoms with Crippen LogP contribution in [0, 0.1) is 11.8 Å². The van der Waals surface area contributed by atoms with E-state index in [1.165, 1.54) is 52.1 Å². The van der Waals surface area contributed by atoms with Crippen LogP contribution in [-0.4, -0.2) is 62.2 Å². The van der Waals surface area contributed by atoms with Crippen LogP contribution in [0.4, 0.5) is 0 Å². The first kappa shape index (κ1) is 10.1. The summed E-state index contributed by atoms with van der Waals surface area (Å²) in [6.45, 7) is 7.56. The second-order valence-electron chi connectivity index (χ2n) is 5.57. The number of fused-ring (bicyclic) bond motifs is 1. The third kappa shape index (κ3) is 2.05. The number of likely N-dealkylation sites (N-methyl/N-ethyl adjacent to an activating group) is 1. The van der Waals surface area contributed by atoms with Crippen molar-refractivity contribution in [3.8, 4) is 0 Å². The molecule has 15 heavy (non-hydrogen) atoms. The quantitative estimate of drug-likeness (QED) is 0.667. The van der Waals surface area contributed by atoms with Gasteiger partial charge in [-0.1, -0.05) is 0 Å². The highest BCUT2D eigenvalue weighted by Gasteiger charge is 2.41. The van der Waals surface area contributed by atoms with Crippen molar-refractivity contribution in [1.29, 1.82) is 0 Å². The monoisotopic (exact) mass is 209 g/mol. The normalized spacial score (nSPS) is 39.8. The first-order chi connectivity index (χ1) is 7.34. The second-order valence-corrected chi connectivity index (χ2v) is 5.57. The van der Waals surface area contributed by atoms with E-state index in [-0.39, 0.29) is 0 Å². The van der Waals surface area contributed by atoms with Gasteiger partial charge in [-0.3, -0.25) is 4.90 Å². The summed E-state index contributed by atoms with van der Waals surface area (Å²) in [6, 6.07) is 0.839. The van der Waals surface area contributed by atoms with Gasteiger partial charge in [0.05, 0.1) is 0 Å². The highest BCUT2D eigenvalue weighted by Crippen LogP contribution is 2.40.